The van der Waals surface area contributed by atoms with Crippen LogP contribution in [0.5, 0.6) is 0 Å². The molecule has 4 N–H and O–H groups in total. The first-order valence-electron chi connectivity index (χ1n) is 7.07. The Morgan fingerprint density at radius 2 is 1.65 bits per heavy atom. The van der Waals surface area contributed by atoms with Crippen molar-refractivity contribution < 1.29 is 8.42 Å². The summed E-state index contributed by atoms with van der Waals surface area (Å²) in [6.45, 7) is 5.87. The molecule has 1 aromatic rings. The zero-order valence-corrected chi connectivity index (χ0v) is 13.1. The van der Waals surface area contributed by atoms with E-state index in [1.807, 2.05) is 0 Å². The summed E-state index contributed by atoms with van der Waals surface area (Å²) in [4.78, 5) is 2.20. The van der Waals surface area contributed by atoms with Crippen molar-refractivity contribution in [2.75, 3.05) is 23.7 Å². The quantitative estimate of drug-likeness (QED) is 0.721. The molecule has 0 atom stereocenters. The Labute approximate surface area is 122 Å². The number of nitrogens with two attached hydrogens (primary N) is 2. The molecule has 0 aromatic heterocycles. The van der Waals surface area contributed by atoms with Crippen LogP contribution in [0.2, 0.25) is 0 Å². The van der Waals surface area contributed by atoms with Crippen molar-refractivity contribution >= 4 is 21.4 Å². The molecular formula is C14H25N3O2S. The lowest BCUT2D eigenvalue weighted by molar-refractivity contribution is 0.596. The highest BCUT2D eigenvalue weighted by molar-refractivity contribution is 7.89. The van der Waals surface area contributed by atoms with Crippen molar-refractivity contribution in [3.63, 3.8) is 0 Å². The summed E-state index contributed by atoms with van der Waals surface area (Å²) >= 11 is 0. The van der Waals surface area contributed by atoms with E-state index in [4.69, 9.17) is 10.9 Å². The summed E-state index contributed by atoms with van der Waals surface area (Å²) in [6, 6.07) is 4.91. The van der Waals surface area contributed by atoms with Gasteiger partial charge in [0, 0.05) is 18.8 Å². The molecule has 1 aromatic carbocycles. The van der Waals surface area contributed by atoms with E-state index in [9.17, 15) is 8.42 Å². The van der Waals surface area contributed by atoms with E-state index < -0.39 is 10.0 Å². The molecule has 1 rings (SSSR count). The smallest absolute Gasteiger partial charge is 0.240 e. The molecule has 0 unspecified atom stereocenters. The second-order valence-electron chi connectivity index (χ2n) is 4.97. The topological polar surface area (TPSA) is 89.4 Å². The van der Waals surface area contributed by atoms with Crippen LogP contribution in [0, 0.1) is 0 Å². The van der Waals surface area contributed by atoms with E-state index in [0.717, 1.165) is 38.8 Å². The SMILES string of the molecule is CCCCN(CCCC)c1ccc(N)cc1S(N)(=O)=O. The Kier molecular flexibility index (Phi) is 6.29. The van der Waals surface area contributed by atoms with Crippen LogP contribution < -0.4 is 15.8 Å². The third-order valence-corrected chi connectivity index (χ3v) is 4.13. The highest BCUT2D eigenvalue weighted by Crippen LogP contribution is 2.27. The van der Waals surface area contributed by atoms with Crippen molar-refractivity contribution in [1.82, 2.24) is 0 Å². The van der Waals surface area contributed by atoms with Gasteiger partial charge >= 0.3 is 0 Å². The van der Waals surface area contributed by atoms with Gasteiger partial charge in [-0.05, 0) is 31.0 Å². The summed E-state index contributed by atoms with van der Waals surface area (Å²) in [5.41, 5.74) is 6.75. The van der Waals surface area contributed by atoms with Crippen LogP contribution in [0.1, 0.15) is 39.5 Å². The first-order chi connectivity index (χ1) is 9.40. The molecule has 5 nitrogen and oxygen atoms in total. The molecule has 20 heavy (non-hydrogen) atoms. The maximum atomic E-state index is 11.8. The molecule has 0 saturated carbocycles. The zero-order valence-electron chi connectivity index (χ0n) is 12.3. The zero-order chi connectivity index (χ0) is 15.2. The Morgan fingerprint density at radius 1 is 1.10 bits per heavy atom. The highest BCUT2D eigenvalue weighted by atomic mass is 32.2. The molecule has 0 aliphatic rings. The van der Waals surface area contributed by atoms with Crippen LogP contribution in [-0.2, 0) is 10.0 Å². The number of benzene rings is 1. The van der Waals surface area contributed by atoms with Gasteiger partial charge in [0.1, 0.15) is 4.90 Å². The standard InChI is InChI=1S/C14H25N3O2S/c1-3-5-9-17(10-6-4-2)13-8-7-12(15)11-14(13)20(16,18)19/h7-8,11H,3-6,9-10,15H2,1-2H3,(H2,16,18,19). The normalized spacial score (nSPS) is 11.6. The van der Waals surface area contributed by atoms with Gasteiger partial charge in [-0.25, -0.2) is 13.6 Å². The van der Waals surface area contributed by atoms with Crippen LogP contribution in [0.3, 0.4) is 0 Å². The summed E-state index contributed by atoms with van der Waals surface area (Å²) in [6.07, 6.45) is 4.14. The van der Waals surface area contributed by atoms with Crippen LogP contribution in [0.25, 0.3) is 0 Å². The molecular weight excluding hydrogens is 274 g/mol. The molecule has 0 saturated heterocycles. The van der Waals surface area contributed by atoms with Gasteiger partial charge < -0.3 is 10.6 Å². The third kappa shape index (κ3) is 4.68. The second-order valence-corrected chi connectivity index (χ2v) is 6.50. The number of nitrogens with zero attached hydrogens (tertiary/aromatic N) is 1. The minimum absolute atomic E-state index is 0.115. The summed E-state index contributed by atoms with van der Waals surface area (Å²) in [5.74, 6) is 0. The Bertz CT molecular complexity index is 521. The van der Waals surface area contributed by atoms with Gasteiger partial charge in [0.2, 0.25) is 10.0 Å². The lowest BCUT2D eigenvalue weighted by Crippen LogP contribution is -2.28. The van der Waals surface area contributed by atoms with Gasteiger partial charge in [0.15, 0.2) is 0 Å². The molecule has 0 aliphatic heterocycles. The number of primary sulfonamides is 1. The van der Waals surface area contributed by atoms with E-state index in [2.05, 4.69) is 18.7 Å². The van der Waals surface area contributed by atoms with E-state index in [-0.39, 0.29) is 4.90 Å². The van der Waals surface area contributed by atoms with Crippen molar-refractivity contribution in [1.29, 1.82) is 0 Å². The summed E-state index contributed by atoms with van der Waals surface area (Å²) in [7, 11) is -3.77. The maximum absolute atomic E-state index is 11.8. The average Bonchev–Trinajstić information content (AvgIpc) is 2.38. The van der Waals surface area contributed by atoms with Gasteiger partial charge in [-0.3, -0.25) is 0 Å². The number of anilines is 2. The van der Waals surface area contributed by atoms with Crippen molar-refractivity contribution in [2.45, 2.75) is 44.4 Å². The van der Waals surface area contributed by atoms with Gasteiger partial charge in [0.05, 0.1) is 5.69 Å². The van der Waals surface area contributed by atoms with Gasteiger partial charge in [-0.2, -0.15) is 0 Å². The average molecular weight is 299 g/mol. The Hall–Kier alpha value is -1.27. The Morgan fingerprint density at radius 3 is 2.10 bits per heavy atom. The van der Waals surface area contributed by atoms with E-state index in [1.165, 1.54) is 6.07 Å². The van der Waals surface area contributed by atoms with E-state index in [1.54, 1.807) is 12.1 Å². The van der Waals surface area contributed by atoms with Gasteiger partial charge in [-0.15, -0.1) is 0 Å². The molecule has 0 amide bonds. The molecule has 0 aliphatic carbocycles. The fourth-order valence-corrected chi connectivity index (χ4v) is 2.86. The van der Waals surface area contributed by atoms with Crippen molar-refractivity contribution in [3.05, 3.63) is 18.2 Å². The van der Waals surface area contributed by atoms with Crippen molar-refractivity contribution in [3.8, 4) is 0 Å². The van der Waals surface area contributed by atoms with Gasteiger partial charge in [-0.1, -0.05) is 26.7 Å². The molecule has 114 valence electrons. The summed E-state index contributed by atoms with van der Waals surface area (Å²) in [5, 5.41) is 5.31. The van der Waals surface area contributed by atoms with Crippen molar-refractivity contribution in [2.24, 2.45) is 5.14 Å². The minimum atomic E-state index is -3.77. The van der Waals surface area contributed by atoms with Crippen LogP contribution >= 0.6 is 0 Å². The lowest BCUT2D eigenvalue weighted by atomic mass is 10.2. The summed E-state index contributed by atoms with van der Waals surface area (Å²) < 4.78 is 23.5. The van der Waals surface area contributed by atoms with E-state index in [0.29, 0.717) is 11.4 Å². The predicted octanol–water partition coefficient (Wildman–Crippen LogP) is 2.32. The largest absolute Gasteiger partial charge is 0.399 e. The van der Waals surface area contributed by atoms with Crippen LogP contribution in [0.4, 0.5) is 11.4 Å². The number of hydrogen-bond acceptors (Lipinski definition) is 4. The first-order valence-corrected chi connectivity index (χ1v) is 8.62. The molecule has 0 bridgehead atoms. The number of rotatable bonds is 8. The predicted molar refractivity (Wildman–Crippen MR) is 84.3 cm³/mol. The van der Waals surface area contributed by atoms with Gasteiger partial charge in [0.25, 0.3) is 0 Å². The monoisotopic (exact) mass is 299 g/mol. The molecule has 0 fully saturated rings. The number of hydrogen-bond donors (Lipinski definition) is 2. The maximum Gasteiger partial charge on any atom is 0.240 e. The molecule has 6 heteroatoms. The number of nitrogen functional groups attached to an aromatic ring is 1. The third-order valence-electron chi connectivity index (χ3n) is 3.19. The lowest BCUT2D eigenvalue weighted by Gasteiger charge is -2.26. The number of sulfonamides is 1. The molecule has 0 spiro atoms. The molecule has 0 heterocycles. The minimum Gasteiger partial charge on any atom is -0.399 e. The molecule has 0 radical (unpaired) electrons. The highest BCUT2D eigenvalue weighted by Gasteiger charge is 2.18. The van der Waals surface area contributed by atoms with Crippen LogP contribution in [-0.4, -0.2) is 21.5 Å². The fraction of sp³-hybridized carbons (Fsp3) is 0.571. The number of unbranched alkanes of at least 4 members (excludes halogenated alkanes) is 2. The van der Waals surface area contributed by atoms with Crippen LogP contribution in [0.15, 0.2) is 23.1 Å². The first kappa shape index (κ1) is 16.8. The second kappa shape index (κ2) is 7.50. The fourth-order valence-electron chi connectivity index (χ4n) is 2.07. The van der Waals surface area contributed by atoms with E-state index >= 15 is 0 Å². The Balaban J connectivity index is 3.17.